The Balaban J connectivity index is 1.32. The van der Waals surface area contributed by atoms with Crippen molar-refractivity contribution in [3.63, 3.8) is 0 Å². The Bertz CT molecular complexity index is 1410. The van der Waals surface area contributed by atoms with E-state index in [-0.39, 0.29) is 35.3 Å². The molecule has 3 aromatic rings. The number of amides is 1. The minimum absolute atomic E-state index is 0.0586. The van der Waals surface area contributed by atoms with E-state index in [4.69, 9.17) is 9.47 Å². The molecule has 2 aliphatic heterocycles. The molecule has 1 aromatic heterocycles. The van der Waals surface area contributed by atoms with Crippen LogP contribution in [0.25, 0.3) is 0 Å². The minimum atomic E-state index is -4.56. The molecule has 1 atom stereocenters. The third kappa shape index (κ3) is 6.71. The van der Waals surface area contributed by atoms with Gasteiger partial charge in [0.15, 0.2) is 5.82 Å². The van der Waals surface area contributed by atoms with Crippen LogP contribution in [0.3, 0.4) is 0 Å². The zero-order valence-electron chi connectivity index (χ0n) is 23.2. The molecule has 0 saturated carbocycles. The smallest absolute Gasteiger partial charge is 0.416 e. The van der Waals surface area contributed by atoms with Gasteiger partial charge in [0.1, 0.15) is 18.2 Å². The summed E-state index contributed by atoms with van der Waals surface area (Å²) >= 11 is 0. The van der Waals surface area contributed by atoms with Gasteiger partial charge in [-0.1, -0.05) is 19.1 Å². The van der Waals surface area contributed by atoms with Crippen molar-refractivity contribution < 1.29 is 27.4 Å². The largest absolute Gasteiger partial charge is 0.480 e. The van der Waals surface area contributed by atoms with Crippen LogP contribution in [0.5, 0.6) is 17.4 Å². The van der Waals surface area contributed by atoms with Crippen molar-refractivity contribution >= 4 is 17.4 Å². The number of aryl methyl sites for hydroxylation is 1. The lowest BCUT2D eigenvalue weighted by molar-refractivity contribution is -0.138. The number of anilines is 2. The highest BCUT2D eigenvalue weighted by Gasteiger charge is 2.34. The maximum absolute atomic E-state index is 14.0. The summed E-state index contributed by atoms with van der Waals surface area (Å²) in [7, 11) is 0. The summed E-state index contributed by atoms with van der Waals surface area (Å²) < 4.78 is 53.9. The zero-order valence-corrected chi connectivity index (χ0v) is 23.2. The van der Waals surface area contributed by atoms with Crippen LogP contribution < -0.4 is 20.1 Å². The first-order valence-corrected chi connectivity index (χ1v) is 13.6. The average molecular weight is 571 g/mol. The second-order valence-corrected chi connectivity index (χ2v) is 10.3. The van der Waals surface area contributed by atoms with Crippen LogP contribution in [-0.2, 0) is 12.7 Å². The Hall–Kier alpha value is -3.90. The third-order valence-electron chi connectivity index (χ3n) is 7.28. The van der Waals surface area contributed by atoms with E-state index >= 15 is 0 Å². The fourth-order valence-electron chi connectivity index (χ4n) is 4.86. The van der Waals surface area contributed by atoms with E-state index in [0.717, 1.165) is 31.3 Å². The average Bonchev–Trinajstić information content (AvgIpc) is 2.95. The van der Waals surface area contributed by atoms with Gasteiger partial charge in [-0.3, -0.25) is 9.69 Å². The Kier molecular flexibility index (Phi) is 8.32. The summed E-state index contributed by atoms with van der Waals surface area (Å²) in [6.45, 7) is 10.6. The van der Waals surface area contributed by atoms with Crippen molar-refractivity contribution in [2.24, 2.45) is 0 Å². The summed E-state index contributed by atoms with van der Waals surface area (Å²) in [6, 6.07) is 8.76. The van der Waals surface area contributed by atoms with Crippen molar-refractivity contribution in [1.82, 2.24) is 19.8 Å². The molecule has 5 rings (SSSR count). The van der Waals surface area contributed by atoms with E-state index in [1.807, 2.05) is 18.7 Å². The van der Waals surface area contributed by atoms with Crippen molar-refractivity contribution in [3.8, 4) is 17.4 Å². The SMILES string of the molecule is CCN1CCN(Cc2ccc(NC(=O)c3ccc(C)c(Oc4ncnc5c4O[C@@H](C)CN5)c3)cc2C(F)(F)F)CC1. The number of ether oxygens (including phenoxy) is 2. The molecule has 1 saturated heterocycles. The number of aromatic nitrogens is 2. The van der Waals surface area contributed by atoms with Crippen LogP contribution >= 0.6 is 0 Å². The van der Waals surface area contributed by atoms with Gasteiger partial charge in [0, 0.05) is 44.0 Å². The molecule has 0 unspecified atom stereocenters. The van der Waals surface area contributed by atoms with Crippen LogP contribution in [-0.4, -0.2) is 71.0 Å². The molecule has 2 aliphatic rings. The monoisotopic (exact) mass is 570 g/mol. The van der Waals surface area contributed by atoms with E-state index in [2.05, 4.69) is 32.4 Å². The van der Waals surface area contributed by atoms with Gasteiger partial charge in [-0.25, -0.2) is 4.98 Å². The topological polar surface area (TPSA) is 91.9 Å². The highest BCUT2D eigenvalue weighted by atomic mass is 19.4. The van der Waals surface area contributed by atoms with Gasteiger partial charge in [-0.05, 0) is 55.8 Å². The summed E-state index contributed by atoms with van der Waals surface area (Å²) in [5.74, 6) is 0.855. The van der Waals surface area contributed by atoms with E-state index in [1.54, 1.807) is 12.1 Å². The first kappa shape index (κ1) is 28.6. The van der Waals surface area contributed by atoms with Gasteiger partial charge >= 0.3 is 6.18 Å². The lowest BCUT2D eigenvalue weighted by Gasteiger charge is -2.34. The molecule has 218 valence electrons. The molecular formula is C29H33F3N6O3. The Morgan fingerprint density at radius 3 is 2.61 bits per heavy atom. The van der Waals surface area contributed by atoms with Crippen molar-refractivity contribution in [1.29, 1.82) is 0 Å². The molecule has 41 heavy (non-hydrogen) atoms. The molecule has 1 amide bonds. The molecule has 3 heterocycles. The number of nitrogens with one attached hydrogen (secondary N) is 2. The third-order valence-corrected chi connectivity index (χ3v) is 7.28. The number of rotatable bonds is 7. The van der Waals surface area contributed by atoms with E-state index < -0.39 is 17.6 Å². The maximum Gasteiger partial charge on any atom is 0.416 e. The van der Waals surface area contributed by atoms with Gasteiger partial charge in [-0.2, -0.15) is 18.2 Å². The van der Waals surface area contributed by atoms with Crippen LogP contribution in [0.1, 0.15) is 40.9 Å². The first-order chi connectivity index (χ1) is 19.6. The number of alkyl halides is 3. The predicted molar refractivity (Wildman–Crippen MR) is 149 cm³/mol. The second-order valence-electron chi connectivity index (χ2n) is 10.3. The number of halogens is 3. The molecule has 0 spiro atoms. The van der Waals surface area contributed by atoms with E-state index in [9.17, 15) is 18.0 Å². The van der Waals surface area contributed by atoms with Crippen LogP contribution in [0.15, 0.2) is 42.7 Å². The fourth-order valence-corrected chi connectivity index (χ4v) is 4.86. The van der Waals surface area contributed by atoms with Crippen molar-refractivity contribution in [2.45, 2.75) is 39.6 Å². The molecule has 12 heteroatoms. The summed E-state index contributed by atoms with van der Waals surface area (Å²) in [5.41, 5.74) is 0.438. The minimum Gasteiger partial charge on any atom is -0.480 e. The van der Waals surface area contributed by atoms with E-state index in [1.165, 1.54) is 24.5 Å². The highest BCUT2D eigenvalue weighted by Crippen LogP contribution is 2.38. The van der Waals surface area contributed by atoms with Crippen LogP contribution in [0.4, 0.5) is 24.7 Å². The lowest BCUT2D eigenvalue weighted by Crippen LogP contribution is -2.45. The summed E-state index contributed by atoms with van der Waals surface area (Å²) in [4.78, 5) is 25.8. The van der Waals surface area contributed by atoms with Gasteiger partial charge in [0.2, 0.25) is 5.75 Å². The Labute approximate surface area is 236 Å². The number of piperazine rings is 1. The number of carbonyl (C=O) groups excluding carboxylic acids is 1. The summed E-state index contributed by atoms with van der Waals surface area (Å²) in [6.07, 6.45) is -3.33. The van der Waals surface area contributed by atoms with Crippen molar-refractivity contribution in [2.75, 3.05) is 49.9 Å². The molecule has 0 radical (unpaired) electrons. The highest BCUT2D eigenvalue weighted by molar-refractivity contribution is 6.04. The molecular weight excluding hydrogens is 537 g/mol. The number of hydrogen-bond donors (Lipinski definition) is 2. The molecule has 2 N–H and O–H groups in total. The number of nitrogens with zero attached hydrogens (tertiary/aromatic N) is 4. The quantitative estimate of drug-likeness (QED) is 0.402. The zero-order chi connectivity index (χ0) is 29.1. The molecule has 9 nitrogen and oxygen atoms in total. The summed E-state index contributed by atoms with van der Waals surface area (Å²) in [5, 5.41) is 5.76. The van der Waals surface area contributed by atoms with Gasteiger partial charge in [0.05, 0.1) is 12.1 Å². The van der Waals surface area contributed by atoms with E-state index in [0.29, 0.717) is 37.0 Å². The normalized spacial score (nSPS) is 17.8. The lowest BCUT2D eigenvalue weighted by atomic mass is 10.0. The van der Waals surface area contributed by atoms with Gasteiger partial charge in [-0.15, -0.1) is 0 Å². The fraction of sp³-hybridized carbons (Fsp3) is 0.414. The number of fused-ring (bicyclic) bond motifs is 1. The maximum atomic E-state index is 14.0. The number of likely N-dealkylation sites (N-methyl/N-ethyl adjacent to an activating group) is 1. The predicted octanol–water partition coefficient (Wildman–Crippen LogP) is 5.18. The molecule has 2 aromatic carbocycles. The molecule has 0 aliphatic carbocycles. The molecule has 0 bridgehead atoms. The van der Waals surface area contributed by atoms with Crippen molar-refractivity contribution in [3.05, 3.63) is 65.0 Å². The Morgan fingerprint density at radius 2 is 1.88 bits per heavy atom. The number of carbonyl (C=O) groups is 1. The Morgan fingerprint density at radius 1 is 1.12 bits per heavy atom. The van der Waals surface area contributed by atoms with Crippen LogP contribution in [0, 0.1) is 6.92 Å². The van der Waals surface area contributed by atoms with Crippen LogP contribution in [0.2, 0.25) is 0 Å². The number of benzene rings is 2. The first-order valence-electron chi connectivity index (χ1n) is 13.6. The van der Waals surface area contributed by atoms with Gasteiger partial charge in [0.25, 0.3) is 11.8 Å². The second kappa shape index (κ2) is 11.9. The standard InChI is InChI=1S/C29H33F3N6O3/c1-4-37-9-11-38(12-10-37)16-21-7-8-22(14-23(21)29(30,31)32)36-27(39)20-6-5-18(2)24(13-20)41-28-25-26(34-17-35-28)33-15-19(3)40-25/h5-8,13-14,17,19H,4,9-12,15-16H2,1-3H3,(H,36,39)(H,33,34,35)/t19-/m0/s1. The van der Waals surface area contributed by atoms with Gasteiger partial charge < -0.3 is 25.0 Å². The molecule has 1 fully saturated rings. The number of hydrogen-bond acceptors (Lipinski definition) is 8.